The average molecular weight is 212 g/mol. The minimum Gasteiger partial charge on any atom is -0.299 e. The zero-order valence-electron chi connectivity index (χ0n) is 8.62. The van der Waals surface area contributed by atoms with Crippen LogP contribution in [0, 0.1) is 21.6 Å². The number of nitrogens with one attached hydrogen (secondary N) is 4. The lowest BCUT2D eigenvalue weighted by Crippen LogP contribution is -2.06. The first kappa shape index (κ1) is 11.7. The molecular formula is C12H12N4. The van der Waals surface area contributed by atoms with Gasteiger partial charge in [-0.05, 0) is 24.3 Å². The summed E-state index contributed by atoms with van der Waals surface area (Å²) in [5.74, 6) is 0. The normalized spacial score (nSPS) is 17.5. The van der Waals surface area contributed by atoms with Crippen LogP contribution in [0.1, 0.15) is 0 Å². The lowest BCUT2D eigenvalue weighted by molar-refractivity contribution is 1.49. The molecule has 0 bridgehead atoms. The molecule has 0 fully saturated rings. The molecule has 4 heteroatoms. The van der Waals surface area contributed by atoms with Crippen molar-refractivity contribution in [3.63, 3.8) is 0 Å². The van der Waals surface area contributed by atoms with Gasteiger partial charge >= 0.3 is 0 Å². The second kappa shape index (κ2) is 5.50. The van der Waals surface area contributed by atoms with Crippen LogP contribution in [0.4, 0.5) is 0 Å². The van der Waals surface area contributed by atoms with Crippen LogP contribution in [0.2, 0.25) is 0 Å². The summed E-state index contributed by atoms with van der Waals surface area (Å²) >= 11 is 0. The number of hydrogen-bond donors (Lipinski definition) is 4. The minimum atomic E-state index is 0.285. The molecule has 0 aromatic rings. The van der Waals surface area contributed by atoms with Gasteiger partial charge in [0.1, 0.15) is 0 Å². The Labute approximate surface area is 93.7 Å². The van der Waals surface area contributed by atoms with Gasteiger partial charge in [0.15, 0.2) is 0 Å². The molecule has 2 aliphatic rings. The van der Waals surface area contributed by atoms with Crippen LogP contribution in [0.25, 0.3) is 0 Å². The van der Waals surface area contributed by atoms with E-state index >= 15 is 0 Å². The fraction of sp³-hybridized carbons (Fsp3) is 0. The van der Waals surface area contributed by atoms with Crippen molar-refractivity contribution in [2.24, 2.45) is 0 Å². The molecule has 0 unspecified atom stereocenters. The van der Waals surface area contributed by atoms with Crippen LogP contribution in [-0.4, -0.2) is 22.8 Å². The fourth-order valence-electron chi connectivity index (χ4n) is 0.966. The molecule has 0 aromatic heterocycles. The summed E-state index contributed by atoms with van der Waals surface area (Å²) in [7, 11) is 0. The molecule has 0 aliphatic heterocycles. The van der Waals surface area contributed by atoms with E-state index in [1.807, 2.05) is 0 Å². The van der Waals surface area contributed by atoms with Crippen LogP contribution in [0.15, 0.2) is 48.6 Å². The third kappa shape index (κ3) is 3.42. The van der Waals surface area contributed by atoms with Gasteiger partial charge in [0, 0.05) is 0 Å². The molecule has 0 radical (unpaired) electrons. The maximum Gasteiger partial charge on any atom is 0.0789 e. The molecule has 80 valence electrons. The van der Waals surface area contributed by atoms with E-state index < -0.39 is 0 Å². The Morgan fingerprint density at radius 1 is 0.438 bits per heavy atom. The Morgan fingerprint density at radius 2 is 0.625 bits per heavy atom. The largest absolute Gasteiger partial charge is 0.299 e. The third-order valence-corrected chi connectivity index (χ3v) is 1.85. The van der Waals surface area contributed by atoms with Crippen LogP contribution in [0.5, 0.6) is 0 Å². The highest BCUT2D eigenvalue weighted by Gasteiger charge is 1.97. The first-order valence-electron chi connectivity index (χ1n) is 4.65. The van der Waals surface area contributed by atoms with Gasteiger partial charge in [-0.15, -0.1) is 0 Å². The van der Waals surface area contributed by atoms with Crippen molar-refractivity contribution in [3.05, 3.63) is 48.6 Å². The second-order valence-electron chi connectivity index (χ2n) is 3.09. The molecular weight excluding hydrogens is 200 g/mol. The highest BCUT2D eigenvalue weighted by Crippen LogP contribution is 1.92. The van der Waals surface area contributed by atoms with Crippen molar-refractivity contribution >= 4 is 22.8 Å². The lowest BCUT2D eigenvalue weighted by atomic mass is 10.1. The van der Waals surface area contributed by atoms with Gasteiger partial charge < -0.3 is 0 Å². The van der Waals surface area contributed by atoms with Gasteiger partial charge in [-0.2, -0.15) is 0 Å². The van der Waals surface area contributed by atoms with E-state index in [-0.39, 0.29) is 22.8 Å². The Kier molecular flexibility index (Phi) is 4.03. The van der Waals surface area contributed by atoms with Gasteiger partial charge in [-0.3, -0.25) is 21.6 Å². The highest BCUT2D eigenvalue weighted by molar-refractivity contribution is 6.49. The molecule has 0 aromatic carbocycles. The van der Waals surface area contributed by atoms with E-state index in [1.165, 1.54) is 0 Å². The fourth-order valence-corrected chi connectivity index (χ4v) is 0.966. The Bertz CT molecular complexity index is 373. The second-order valence-corrected chi connectivity index (χ2v) is 3.09. The predicted molar refractivity (Wildman–Crippen MR) is 67.5 cm³/mol. The maximum atomic E-state index is 7.03. The third-order valence-electron chi connectivity index (χ3n) is 1.85. The molecule has 0 atom stereocenters. The number of hydrogen-bond acceptors (Lipinski definition) is 4. The standard InChI is InChI=1S/2C6H6N2/c2*7-5-3-1-2-4-6(5)8/h2*1-4,7-8H. The SMILES string of the molecule is N=C1C=CC=CC1=N.N=C1C=CC=CC1=N. The zero-order chi connectivity index (χ0) is 12.0. The summed E-state index contributed by atoms with van der Waals surface area (Å²) < 4.78 is 0. The van der Waals surface area contributed by atoms with E-state index in [0.29, 0.717) is 0 Å². The molecule has 0 heterocycles. The van der Waals surface area contributed by atoms with Gasteiger partial charge in [0.2, 0.25) is 0 Å². The van der Waals surface area contributed by atoms with Crippen molar-refractivity contribution in [2.45, 2.75) is 0 Å². The van der Waals surface area contributed by atoms with Crippen molar-refractivity contribution in [1.82, 2.24) is 0 Å². The van der Waals surface area contributed by atoms with E-state index in [0.717, 1.165) is 0 Å². The molecule has 2 rings (SSSR count). The predicted octanol–water partition coefficient (Wildman–Crippen LogP) is 2.30. The molecule has 0 spiro atoms. The molecule has 2 aliphatic carbocycles. The van der Waals surface area contributed by atoms with Crippen LogP contribution in [-0.2, 0) is 0 Å². The molecule has 4 nitrogen and oxygen atoms in total. The van der Waals surface area contributed by atoms with Crippen molar-refractivity contribution in [1.29, 1.82) is 21.6 Å². The zero-order valence-corrected chi connectivity index (χ0v) is 8.62. The Hall–Kier alpha value is -2.36. The molecule has 0 saturated carbocycles. The van der Waals surface area contributed by atoms with E-state index in [1.54, 1.807) is 48.6 Å². The minimum absolute atomic E-state index is 0.285. The van der Waals surface area contributed by atoms with E-state index in [2.05, 4.69) is 0 Å². The first-order valence-corrected chi connectivity index (χ1v) is 4.65. The molecule has 0 amide bonds. The Morgan fingerprint density at radius 3 is 0.750 bits per heavy atom. The molecule has 4 N–H and O–H groups in total. The number of allylic oxidation sites excluding steroid dienone is 8. The first-order chi connectivity index (χ1) is 7.61. The molecule has 0 saturated heterocycles. The summed E-state index contributed by atoms with van der Waals surface area (Å²) in [6, 6.07) is 0. The van der Waals surface area contributed by atoms with Gasteiger partial charge in [-0.25, -0.2) is 0 Å². The monoisotopic (exact) mass is 212 g/mol. The van der Waals surface area contributed by atoms with Gasteiger partial charge in [0.05, 0.1) is 22.8 Å². The summed E-state index contributed by atoms with van der Waals surface area (Å²) in [5.41, 5.74) is 1.14. The average Bonchev–Trinajstić information content (AvgIpc) is 2.28. The molecule has 16 heavy (non-hydrogen) atoms. The summed E-state index contributed by atoms with van der Waals surface area (Å²) in [6.45, 7) is 0. The lowest BCUT2D eigenvalue weighted by Gasteiger charge is -1.96. The van der Waals surface area contributed by atoms with Crippen LogP contribution < -0.4 is 0 Å². The summed E-state index contributed by atoms with van der Waals surface area (Å²) in [6.07, 6.45) is 13.4. The van der Waals surface area contributed by atoms with Gasteiger partial charge in [-0.1, -0.05) is 24.3 Å². The van der Waals surface area contributed by atoms with Crippen LogP contribution >= 0.6 is 0 Å². The van der Waals surface area contributed by atoms with Crippen molar-refractivity contribution in [3.8, 4) is 0 Å². The summed E-state index contributed by atoms with van der Waals surface area (Å²) in [5, 5.41) is 28.1. The Balaban J connectivity index is 0.000000160. The smallest absolute Gasteiger partial charge is 0.0789 e. The van der Waals surface area contributed by atoms with Crippen molar-refractivity contribution in [2.75, 3.05) is 0 Å². The summed E-state index contributed by atoms with van der Waals surface area (Å²) in [4.78, 5) is 0. The van der Waals surface area contributed by atoms with Crippen molar-refractivity contribution < 1.29 is 0 Å². The quantitative estimate of drug-likeness (QED) is 0.443. The maximum absolute atomic E-state index is 7.03. The van der Waals surface area contributed by atoms with E-state index in [9.17, 15) is 0 Å². The van der Waals surface area contributed by atoms with Gasteiger partial charge in [0.25, 0.3) is 0 Å². The topological polar surface area (TPSA) is 95.4 Å². The highest BCUT2D eigenvalue weighted by atomic mass is 14.5. The number of rotatable bonds is 0. The van der Waals surface area contributed by atoms with Crippen LogP contribution in [0.3, 0.4) is 0 Å². The van der Waals surface area contributed by atoms with E-state index in [4.69, 9.17) is 21.6 Å².